The maximum atomic E-state index is 4.29. The molecule has 1 aromatic heterocycles. The molecule has 0 radical (unpaired) electrons. The van der Waals surface area contributed by atoms with E-state index in [2.05, 4.69) is 40.5 Å². The van der Waals surface area contributed by atoms with Crippen molar-refractivity contribution in [3.05, 3.63) is 18.0 Å². The SMILES string of the molecule is CNC(c1cnn(C)c1)C1CN(C)CCCN1C. The van der Waals surface area contributed by atoms with Crippen LogP contribution < -0.4 is 5.32 Å². The average Bonchev–Trinajstić information content (AvgIpc) is 2.67. The lowest BCUT2D eigenvalue weighted by Crippen LogP contribution is -2.46. The molecular weight excluding hydrogens is 226 g/mol. The Labute approximate surface area is 110 Å². The summed E-state index contributed by atoms with van der Waals surface area (Å²) in [5.41, 5.74) is 1.27. The second-order valence-corrected chi connectivity index (χ2v) is 5.38. The third kappa shape index (κ3) is 2.91. The van der Waals surface area contributed by atoms with Gasteiger partial charge in [0, 0.05) is 31.4 Å². The Morgan fingerprint density at radius 2 is 2.11 bits per heavy atom. The number of nitrogens with zero attached hydrogens (tertiary/aromatic N) is 4. The second kappa shape index (κ2) is 5.82. The normalized spacial score (nSPS) is 25.0. The van der Waals surface area contributed by atoms with Crippen LogP contribution in [0.4, 0.5) is 0 Å². The molecule has 2 atom stereocenters. The first kappa shape index (κ1) is 13.5. The van der Waals surface area contributed by atoms with Crippen molar-refractivity contribution < 1.29 is 0 Å². The second-order valence-electron chi connectivity index (χ2n) is 5.38. The maximum Gasteiger partial charge on any atom is 0.0538 e. The molecule has 0 amide bonds. The van der Waals surface area contributed by atoms with Crippen LogP contribution in [0.1, 0.15) is 18.0 Å². The number of likely N-dealkylation sites (N-methyl/N-ethyl adjacent to an activating group) is 3. The molecule has 5 nitrogen and oxygen atoms in total. The Morgan fingerprint density at radius 3 is 2.72 bits per heavy atom. The highest BCUT2D eigenvalue weighted by Gasteiger charge is 2.29. The molecule has 0 saturated carbocycles. The zero-order valence-corrected chi connectivity index (χ0v) is 11.9. The summed E-state index contributed by atoms with van der Waals surface area (Å²) in [5, 5.41) is 7.75. The van der Waals surface area contributed by atoms with Crippen LogP contribution in [0.2, 0.25) is 0 Å². The summed E-state index contributed by atoms with van der Waals surface area (Å²) < 4.78 is 1.88. The van der Waals surface area contributed by atoms with Crippen LogP contribution in [-0.4, -0.2) is 66.4 Å². The Hall–Kier alpha value is -0.910. The third-order valence-corrected chi connectivity index (χ3v) is 3.90. The van der Waals surface area contributed by atoms with E-state index in [0.717, 1.165) is 13.1 Å². The van der Waals surface area contributed by atoms with E-state index in [9.17, 15) is 0 Å². The Morgan fingerprint density at radius 1 is 1.33 bits per heavy atom. The van der Waals surface area contributed by atoms with Crippen molar-refractivity contribution in [2.45, 2.75) is 18.5 Å². The summed E-state index contributed by atoms with van der Waals surface area (Å²) in [5.74, 6) is 0. The minimum Gasteiger partial charge on any atom is -0.312 e. The van der Waals surface area contributed by atoms with Gasteiger partial charge in [-0.15, -0.1) is 0 Å². The van der Waals surface area contributed by atoms with E-state index in [4.69, 9.17) is 0 Å². The Balaban J connectivity index is 2.19. The molecule has 5 heteroatoms. The zero-order valence-electron chi connectivity index (χ0n) is 11.9. The molecule has 1 fully saturated rings. The molecule has 1 aliphatic rings. The highest BCUT2D eigenvalue weighted by molar-refractivity contribution is 5.14. The molecule has 0 bridgehead atoms. The third-order valence-electron chi connectivity index (χ3n) is 3.90. The van der Waals surface area contributed by atoms with E-state index in [1.807, 2.05) is 25.0 Å². The van der Waals surface area contributed by atoms with Crippen molar-refractivity contribution in [3.63, 3.8) is 0 Å². The van der Waals surface area contributed by atoms with Crippen LogP contribution in [0.15, 0.2) is 12.4 Å². The molecule has 2 unspecified atom stereocenters. The van der Waals surface area contributed by atoms with Crippen molar-refractivity contribution in [2.24, 2.45) is 7.05 Å². The van der Waals surface area contributed by atoms with Gasteiger partial charge in [-0.05, 0) is 40.7 Å². The van der Waals surface area contributed by atoms with Gasteiger partial charge in [-0.3, -0.25) is 4.68 Å². The van der Waals surface area contributed by atoms with Crippen molar-refractivity contribution >= 4 is 0 Å². The fraction of sp³-hybridized carbons (Fsp3) is 0.769. The molecule has 1 aromatic rings. The molecule has 1 N–H and O–H groups in total. The van der Waals surface area contributed by atoms with Crippen LogP contribution in [0.25, 0.3) is 0 Å². The molecule has 0 spiro atoms. The van der Waals surface area contributed by atoms with Gasteiger partial charge in [0.15, 0.2) is 0 Å². The Bertz CT molecular complexity index is 375. The van der Waals surface area contributed by atoms with Gasteiger partial charge < -0.3 is 15.1 Å². The number of hydrogen-bond donors (Lipinski definition) is 1. The predicted molar refractivity (Wildman–Crippen MR) is 73.5 cm³/mol. The molecule has 2 heterocycles. The number of rotatable bonds is 3. The first-order valence-electron chi connectivity index (χ1n) is 6.66. The van der Waals surface area contributed by atoms with Gasteiger partial charge in [-0.25, -0.2) is 0 Å². The monoisotopic (exact) mass is 251 g/mol. The van der Waals surface area contributed by atoms with Gasteiger partial charge in [0.05, 0.1) is 12.2 Å². The number of nitrogens with one attached hydrogen (secondary N) is 1. The maximum absolute atomic E-state index is 4.29. The molecule has 18 heavy (non-hydrogen) atoms. The Kier molecular flexibility index (Phi) is 4.37. The zero-order chi connectivity index (χ0) is 13.1. The summed E-state index contributed by atoms with van der Waals surface area (Å²) in [6.07, 6.45) is 5.33. The van der Waals surface area contributed by atoms with E-state index >= 15 is 0 Å². The van der Waals surface area contributed by atoms with Gasteiger partial charge in [-0.2, -0.15) is 5.10 Å². The van der Waals surface area contributed by atoms with E-state index in [0.29, 0.717) is 12.1 Å². The fourth-order valence-corrected chi connectivity index (χ4v) is 2.85. The number of aromatic nitrogens is 2. The van der Waals surface area contributed by atoms with Crippen molar-refractivity contribution in [1.82, 2.24) is 24.9 Å². The summed E-state index contributed by atoms with van der Waals surface area (Å²) in [7, 11) is 8.45. The summed E-state index contributed by atoms with van der Waals surface area (Å²) >= 11 is 0. The molecule has 102 valence electrons. The molecule has 1 aliphatic heterocycles. The van der Waals surface area contributed by atoms with Crippen LogP contribution in [0, 0.1) is 0 Å². The van der Waals surface area contributed by atoms with Crippen molar-refractivity contribution in [1.29, 1.82) is 0 Å². The average molecular weight is 251 g/mol. The highest BCUT2D eigenvalue weighted by Crippen LogP contribution is 2.22. The van der Waals surface area contributed by atoms with Gasteiger partial charge in [-0.1, -0.05) is 0 Å². The van der Waals surface area contributed by atoms with Gasteiger partial charge >= 0.3 is 0 Å². The largest absolute Gasteiger partial charge is 0.312 e. The fourth-order valence-electron chi connectivity index (χ4n) is 2.85. The smallest absolute Gasteiger partial charge is 0.0538 e. The molecule has 0 aliphatic carbocycles. The van der Waals surface area contributed by atoms with Crippen LogP contribution in [-0.2, 0) is 7.05 Å². The highest BCUT2D eigenvalue weighted by atomic mass is 15.3. The van der Waals surface area contributed by atoms with E-state index in [1.54, 1.807) is 0 Å². The standard InChI is InChI=1S/C13H25N5/c1-14-13(11-8-15-18(4)9-11)12-10-16(2)6-5-7-17(12)3/h8-9,12-14H,5-7,10H2,1-4H3. The quantitative estimate of drug-likeness (QED) is 0.839. The van der Waals surface area contributed by atoms with Crippen molar-refractivity contribution in [2.75, 3.05) is 40.8 Å². The minimum atomic E-state index is 0.337. The first-order chi connectivity index (χ1) is 8.61. The van der Waals surface area contributed by atoms with Crippen LogP contribution in [0.5, 0.6) is 0 Å². The lowest BCUT2D eigenvalue weighted by atomic mass is 10.0. The lowest BCUT2D eigenvalue weighted by molar-refractivity contribution is 0.182. The first-order valence-corrected chi connectivity index (χ1v) is 6.66. The van der Waals surface area contributed by atoms with Crippen LogP contribution in [0.3, 0.4) is 0 Å². The summed E-state index contributed by atoms with van der Waals surface area (Å²) in [6, 6.07) is 0.830. The van der Waals surface area contributed by atoms with Gasteiger partial charge in [0.1, 0.15) is 0 Å². The molecule has 1 saturated heterocycles. The molecule has 2 rings (SSSR count). The minimum absolute atomic E-state index is 0.337. The topological polar surface area (TPSA) is 36.3 Å². The van der Waals surface area contributed by atoms with Gasteiger partial charge in [0.25, 0.3) is 0 Å². The van der Waals surface area contributed by atoms with Crippen molar-refractivity contribution in [3.8, 4) is 0 Å². The van der Waals surface area contributed by atoms with E-state index in [-0.39, 0.29) is 0 Å². The lowest BCUT2D eigenvalue weighted by Gasteiger charge is -2.34. The number of aryl methyl sites for hydroxylation is 1. The predicted octanol–water partition coefficient (Wildman–Crippen LogP) is 0.317. The van der Waals surface area contributed by atoms with Crippen LogP contribution >= 0.6 is 0 Å². The van der Waals surface area contributed by atoms with E-state index < -0.39 is 0 Å². The summed E-state index contributed by atoms with van der Waals surface area (Å²) in [6.45, 7) is 3.44. The number of hydrogen-bond acceptors (Lipinski definition) is 4. The summed E-state index contributed by atoms with van der Waals surface area (Å²) in [4.78, 5) is 4.90. The molecule has 0 aromatic carbocycles. The molecular formula is C13H25N5. The van der Waals surface area contributed by atoms with Gasteiger partial charge in [0.2, 0.25) is 0 Å². The van der Waals surface area contributed by atoms with E-state index in [1.165, 1.54) is 18.5 Å².